The van der Waals surface area contributed by atoms with Gasteiger partial charge >= 0.3 is 6.09 Å². The SMILES string of the molecule is O=C(O)NC1CCC(CNC(=O)c2ccc(Cl)nc2)C1. The highest BCUT2D eigenvalue weighted by Crippen LogP contribution is 2.24. The molecule has 20 heavy (non-hydrogen) atoms. The largest absolute Gasteiger partial charge is 0.465 e. The van der Waals surface area contributed by atoms with E-state index < -0.39 is 6.09 Å². The van der Waals surface area contributed by atoms with Crippen molar-refractivity contribution in [3.8, 4) is 0 Å². The molecule has 0 saturated heterocycles. The Morgan fingerprint density at radius 2 is 2.20 bits per heavy atom. The second-order valence-electron chi connectivity index (χ2n) is 4.91. The molecule has 1 aromatic heterocycles. The first-order chi connectivity index (χ1) is 9.54. The second-order valence-corrected chi connectivity index (χ2v) is 5.29. The van der Waals surface area contributed by atoms with Crippen LogP contribution in [0, 0.1) is 5.92 Å². The number of nitrogens with zero attached hydrogens (tertiary/aromatic N) is 1. The number of halogens is 1. The average Bonchev–Trinajstić information content (AvgIpc) is 2.83. The highest BCUT2D eigenvalue weighted by Gasteiger charge is 2.26. The fourth-order valence-corrected chi connectivity index (χ4v) is 2.53. The maximum Gasteiger partial charge on any atom is 0.404 e. The van der Waals surface area contributed by atoms with E-state index in [9.17, 15) is 9.59 Å². The number of carbonyl (C=O) groups excluding carboxylic acids is 1. The molecule has 2 amide bonds. The highest BCUT2D eigenvalue weighted by atomic mass is 35.5. The molecule has 0 aromatic carbocycles. The van der Waals surface area contributed by atoms with E-state index in [-0.39, 0.29) is 11.9 Å². The van der Waals surface area contributed by atoms with Gasteiger partial charge in [0.15, 0.2) is 0 Å². The van der Waals surface area contributed by atoms with Crippen LogP contribution < -0.4 is 10.6 Å². The molecule has 2 unspecified atom stereocenters. The Balaban J connectivity index is 1.77. The molecular formula is C13H16ClN3O3. The van der Waals surface area contributed by atoms with E-state index in [1.807, 2.05) is 0 Å². The van der Waals surface area contributed by atoms with E-state index in [0.717, 1.165) is 19.3 Å². The minimum absolute atomic E-state index is 0.00778. The molecule has 3 N–H and O–H groups in total. The molecule has 1 aliphatic rings. The topological polar surface area (TPSA) is 91.3 Å². The molecule has 1 heterocycles. The first-order valence-electron chi connectivity index (χ1n) is 6.44. The first-order valence-corrected chi connectivity index (χ1v) is 6.81. The van der Waals surface area contributed by atoms with Crippen molar-refractivity contribution in [1.29, 1.82) is 0 Å². The van der Waals surface area contributed by atoms with E-state index in [1.165, 1.54) is 6.20 Å². The van der Waals surface area contributed by atoms with Crippen LogP contribution in [0.5, 0.6) is 0 Å². The first kappa shape index (κ1) is 14.6. The Kier molecular flexibility index (Phi) is 4.79. The van der Waals surface area contributed by atoms with Gasteiger partial charge in [0.1, 0.15) is 5.15 Å². The van der Waals surface area contributed by atoms with Gasteiger partial charge in [-0.3, -0.25) is 4.79 Å². The fourth-order valence-electron chi connectivity index (χ4n) is 2.42. The standard InChI is InChI=1S/C13H16ClN3O3/c14-11-4-2-9(7-15-11)12(18)16-6-8-1-3-10(5-8)17-13(19)20/h2,4,7-8,10,17H,1,3,5-6H2,(H,16,18)(H,19,20). The van der Waals surface area contributed by atoms with Crippen molar-refractivity contribution in [2.75, 3.05) is 6.54 Å². The number of carboxylic acid groups (broad SMARTS) is 1. The molecule has 7 heteroatoms. The Labute approximate surface area is 121 Å². The lowest BCUT2D eigenvalue weighted by molar-refractivity contribution is 0.0946. The number of amides is 2. The normalized spacial score (nSPS) is 21.4. The van der Waals surface area contributed by atoms with Gasteiger partial charge < -0.3 is 15.7 Å². The molecular weight excluding hydrogens is 282 g/mol. The summed E-state index contributed by atoms with van der Waals surface area (Å²) in [6.45, 7) is 0.541. The van der Waals surface area contributed by atoms with Crippen molar-refractivity contribution < 1.29 is 14.7 Å². The number of aromatic nitrogens is 1. The summed E-state index contributed by atoms with van der Waals surface area (Å²) in [6.07, 6.45) is 2.92. The van der Waals surface area contributed by atoms with Gasteiger partial charge in [0, 0.05) is 18.8 Å². The van der Waals surface area contributed by atoms with Gasteiger partial charge in [-0.1, -0.05) is 11.6 Å². The number of hydrogen-bond acceptors (Lipinski definition) is 3. The maximum absolute atomic E-state index is 11.9. The third kappa shape index (κ3) is 4.09. The fraction of sp³-hybridized carbons (Fsp3) is 0.462. The van der Waals surface area contributed by atoms with Crippen molar-refractivity contribution in [3.63, 3.8) is 0 Å². The second kappa shape index (κ2) is 6.56. The summed E-state index contributed by atoms with van der Waals surface area (Å²) in [5.74, 6) is 0.111. The average molecular weight is 298 g/mol. The van der Waals surface area contributed by atoms with Crippen LogP contribution in [-0.4, -0.2) is 34.7 Å². The van der Waals surface area contributed by atoms with Crippen LogP contribution in [0.3, 0.4) is 0 Å². The molecule has 0 spiro atoms. The summed E-state index contributed by atoms with van der Waals surface area (Å²) >= 11 is 5.66. The number of carbonyl (C=O) groups is 2. The minimum Gasteiger partial charge on any atom is -0.465 e. The van der Waals surface area contributed by atoms with Gasteiger partial charge in [-0.15, -0.1) is 0 Å². The molecule has 6 nitrogen and oxygen atoms in total. The molecule has 108 valence electrons. The van der Waals surface area contributed by atoms with Crippen LogP contribution >= 0.6 is 11.6 Å². The van der Waals surface area contributed by atoms with Crippen molar-refractivity contribution in [1.82, 2.24) is 15.6 Å². The van der Waals surface area contributed by atoms with Crippen molar-refractivity contribution in [2.45, 2.75) is 25.3 Å². The Morgan fingerprint density at radius 3 is 2.85 bits per heavy atom. The van der Waals surface area contributed by atoms with Crippen molar-refractivity contribution in [3.05, 3.63) is 29.0 Å². The van der Waals surface area contributed by atoms with Crippen molar-refractivity contribution in [2.24, 2.45) is 5.92 Å². The van der Waals surface area contributed by atoms with E-state index >= 15 is 0 Å². The third-order valence-electron chi connectivity index (χ3n) is 3.41. The molecule has 1 fully saturated rings. The zero-order valence-electron chi connectivity index (χ0n) is 10.8. The van der Waals surface area contributed by atoms with Gasteiger partial charge in [0.2, 0.25) is 0 Å². The molecule has 0 radical (unpaired) electrons. The van der Waals surface area contributed by atoms with E-state index in [4.69, 9.17) is 16.7 Å². The number of pyridine rings is 1. The molecule has 1 saturated carbocycles. The Morgan fingerprint density at radius 1 is 1.40 bits per heavy atom. The van der Waals surface area contributed by atoms with Gasteiger partial charge in [0.05, 0.1) is 5.56 Å². The van der Waals surface area contributed by atoms with E-state index in [2.05, 4.69) is 15.6 Å². The van der Waals surface area contributed by atoms with Crippen molar-refractivity contribution >= 4 is 23.6 Å². The summed E-state index contributed by atoms with van der Waals surface area (Å²) in [5, 5.41) is 14.3. The van der Waals surface area contributed by atoms with Crippen LogP contribution in [0.2, 0.25) is 5.15 Å². The summed E-state index contributed by atoms with van der Waals surface area (Å²) in [5.41, 5.74) is 0.465. The summed E-state index contributed by atoms with van der Waals surface area (Å²) in [7, 11) is 0. The molecule has 2 rings (SSSR count). The van der Waals surface area contributed by atoms with Gasteiger partial charge in [-0.2, -0.15) is 0 Å². The smallest absolute Gasteiger partial charge is 0.404 e. The Bertz CT molecular complexity index is 492. The lowest BCUT2D eigenvalue weighted by atomic mass is 10.1. The van der Waals surface area contributed by atoms with Crippen LogP contribution in [0.15, 0.2) is 18.3 Å². The monoisotopic (exact) mass is 297 g/mol. The predicted octanol–water partition coefficient (Wildman–Crippen LogP) is 1.90. The third-order valence-corrected chi connectivity index (χ3v) is 3.63. The number of rotatable bonds is 4. The highest BCUT2D eigenvalue weighted by molar-refractivity contribution is 6.29. The molecule has 0 bridgehead atoms. The van der Waals surface area contributed by atoms with Crippen LogP contribution in [0.4, 0.5) is 4.79 Å². The lowest BCUT2D eigenvalue weighted by Gasteiger charge is -2.12. The van der Waals surface area contributed by atoms with Crippen LogP contribution in [-0.2, 0) is 0 Å². The zero-order chi connectivity index (χ0) is 14.5. The Hall–Kier alpha value is -1.82. The predicted molar refractivity (Wildman–Crippen MR) is 73.9 cm³/mol. The van der Waals surface area contributed by atoms with Gasteiger partial charge in [-0.25, -0.2) is 9.78 Å². The molecule has 2 atom stereocenters. The maximum atomic E-state index is 11.9. The molecule has 1 aromatic rings. The van der Waals surface area contributed by atoms with E-state index in [0.29, 0.717) is 23.2 Å². The van der Waals surface area contributed by atoms with Gasteiger partial charge in [0.25, 0.3) is 5.91 Å². The summed E-state index contributed by atoms with van der Waals surface area (Å²) in [4.78, 5) is 26.3. The number of hydrogen-bond donors (Lipinski definition) is 3. The van der Waals surface area contributed by atoms with Crippen LogP contribution in [0.1, 0.15) is 29.6 Å². The number of nitrogens with one attached hydrogen (secondary N) is 2. The minimum atomic E-state index is -0.994. The quantitative estimate of drug-likeness (QED) is 0.740. The zero-order valence-corrected chi connectivity index (χ0v) is 11.6. The molecule has 0 aliphatic heterocycles. The molecule has 1 aliphatic carbocycles. The van der Waals surface area contributed by atoms with Gasteiger partial charge in [-0.05, 0) is 37.3 Å². The van der Waals surface area contributed by atoms with E-state index in [1.54, 1.807) is 12.1 Å². The summed E-state index contributed by atoms with van der Waals surface area (Å²) in [6, 6.07) is 3.18. The summed E-state index contributed by atoms with van der Waals surface area (Å²) < 4.78 is 0. The lowest BCUT2D eigenvalue weighted by Crippen LogP contribution is -2.33. The van der Waals surface area contributed by atoms with Crippen LogP contribution in [0.25, 0.3) is 0 Å².